The van der Waals surface area contributed by atoms with E-state index in [0.717, 1.165) is 0 Å². The van der Waals surface area contributed by atoms with E-state index in [1.54, 1.807) is 28.1 Å². The van der Waals surface area contributed by atoms with E-state index < -0.39 is 5.82 Å². The third-order valence-corrected chi connectivity index (χ3v) is 5.64. The Kier molecular flexibility index (Phi) is 4.28. The normalized spacial score (nSPS) is 21.4. The van der Waals surface area contributed by atoms with Crippen LogP contribution in [-0.2, 0) is 4.74 Å². The van der Waals surface area contributed by atoms with Crippen molar-refractivity contribution in [1.82, 2.24) is 14.8 Å². The molecule has 2 aliphatic heterocycles. The van der Waals surface area contributed by atoms with Crippen molar-refractivity contribution in [2.24, 2.45) is 0 Å². The summed E-state index contributed by atoms with van der Waals surface area (Å²) in [5.41, 5.74) is 0.765. The Hall–Kier alpha value is -3.26. The van der Waals surface area contributed by atoms with Crippen LogP contribution in [-0.4, -0.2) is 65.0 Å². The number of ether oxygens (including phenoxy) is 1. The summed E-state index contributed by atoms with van der Waals surface area (Å²) >= 11 is 0. The van der Waals surface area contributed by atoms with Crippen LogP contribution in [0.3, 0.4) is 0 Å². The number of halogens is 1. The lowest BCUT2D eigenvalue weighted by atomic mass is 10.00. The summed E-state index contributed by atoms with van der Waals surface area (Å²) in [6.07, 6.45) is 6.00. The standard InChI is InChI=1S/C21H18FN3O4/c22-15-7-14-9-23-3-1-16(14)17(8-15)21(27)25-5-4-24(18-11-29-12-19(18)25)20(26)13-2-6-28-10-13/h1-3,6-10,18-19H,4-5,11-12H2/t18-,19+/m1/s1. The van der Waals surface area contributed by atoms with E-state index in [1.165, 1.54) is 30.9 Å². The number of fused-ring (bicyclic) bond motifs is 2. The number of aromatic nitrogens is 1. The molecule has 2 fully saturated rings. The summed E-state index contributed by atoms with van der Waals surface area (Å²) in [6, 6.07) is 5.42. The van der Waals surface area contributed by atoms with Crippen molar-refractivity contribution < 1.29 is 23.1 Å². The second-order valence-electron chi connectivity index (χ2n) is 7.23. The molecule has 5 rings (SSSR count). The first-order valence-electron chi connectivity index (χ1n) is 9.38. The van der Waals surface area contributed by atoms with Gasteiger partial charge in [-0.3, -0.25) is 14.6 Å². The van der Waals surface area contributed by atoms with E-state index in [-0.39, 0.29) is 23.9 Å². The maximum Gasteiger partial charge on any atom is 0.257 e. The Labute approximate surface area is 165 Å². The highest BCUT2D eigenvalue weighted by atomic mass is 19.1. The quantitative estimate of drug-likeness (QED) is 0.666. The van der Waals surface area contributed by atoms with Gasteiger partial charge in [-0.2, -0.15) is 0 Å². The van der Waals surface area contributed by atoms with Crippen molar-refractivity contribution in [1.29, 1.82) is 0 Å². The molecule has 8 heteroatoms. The molecule has 2 amide bonds. The Morgan fingerprint density at radius 2 is 1.83 bits per heavy atom. The molecule has 0 unspecified atom stereocenters. The van der Waals surface area contributed by atoms with Gasteiger partial charge in [0.1, 0.15) is 12.1 Å². The summed E-state index contributed by atoms with van der Waals surface area (Å²) in [6.45, 7) is 1.40. The highest BCUT2D eigenvalue weighted by Crippen LogP contribution is 2.29. The molecule has 0 spiro atoms. The minimum atomic E-state index is -0.484. The van der Waals surface area contributed by atoms with Gasteiger partial charge < -0.3 is 19.0 Å². The Morgan fingerprint density at radius 3 is 2.55 bits per heavy atom. The summed E-state index contributed by atoms with van der Waals surface area (Å²) in [4.78, 5) is 33.6. The number of piperazine rings is 1. The van der Waals surface area contributed by atoms with Gasteiger partial charge in [0.05, 0.1) is 42.7 Å². The van der Waals surface area contributed by atoms with Crippen molar-refractivity contribution in [2.45, 2.75) is 12.1 Å². The molecule has 0 saturated carbocycles. The van der Waals surface area contributed by atoms with Crippen LogP contribution in [0.2, 0.25) is 0 Å². The molecule has 4 heterocycles. The number of carbonyl (C=O) groups is 2. The molecular weight excluding hydrogens is 377 g/mol. The minimum Gasteiger partial charge on any atom is -0.472 e. The van der Waals surface area contributed by atoms with Gasteiger partial charge in [-0.15, -0.1) is 0 Å². The van der Waals surface area contributed by atoms with Crippen molar-refractivity contribution in [3.05, 3.63) is 66.1 Å². The van der Waals surface area contributed by atoms with Crippen LogP contribution in [0.1, 0.15) is 20.7 Å². The first-order valence-corrected chi connectivity index (χ1v) is 9.38. The predicted molar refractivity (Wildman–Crippen MR) is 101 cm³/mol. The van der Waals surface area contributed by atoms with Gasteiger partial charge in [-0.25, -0.2) is 4.39 Å². The molecule has 7 nitrogen and oxygen atoms in total. The lowest BCUT2D eigenvalue weighted by molar-refractivity contribution is 0.0281. The van der Waals surface area contributed by atoms with E-state index in [0.29, 0.717) is 48.2 Å². The number of amides is 2. The van der Waals surface area contributed by atoms with Crippen LogP contribution < -0.4 is 0 Å². The zero-order valence-corrected chi connectivity index (χ0v) is 15.5. The zero-order chi connectivity index (χ0) is 20.0. The third kappa shape index (κ3) is 2.96. The second-order valence-corrected chi connectivity index (χ2v) is 7.23. The molecule has 0 N–H and O–H groups in total. The Bertz CT molecular complexity index is 1080. The molecule has 148 valence electrons. The summed E-state index contributed by atoms with van der Waals surface area (Å²) in [5.74, 6) is -0.896. The molecule has 29 heavy (non-hydrogen) atoms. The highest BCUT2D eigenvalue weighted by Gasteiger charge is 2.45. The highest BCUT2D eigenvalue weighted by molar-refractivity contribution is 6.07. The van der Waals surface area contributed by atoms with Gasteiger partial charge in [0.25, 0.3) is 11.8 Å². The number of hydrogen-bond acceptors (Lipinski definition) is 5. The molecule has 0 bridgehead atoms. The molecule has 1 aromatic carbocycles. The minimum absolute atomic E-state index is 0.145. The fraction of sp³-hybridized carbons (Fsp3) is 0.286. The first-order chi connectivity index (χ1) is 14.1. The number of benzene rings is 1. The number of rotatable bonds is 2. The van der Waals surface area contributed by atoms with E-state index in [1.807, 2.05) is 0 Å². The molecule has 2 aromatic heterocycles. The smallest absolute Gasteiger partial charge is 0.257 e. The maximum absolute atomic E-state index is 14.1. The van der Waals surface area contributed by atoms with Crippen molar-refractivity contribution in [3.63, 3.8) is 0 Å². The van der Waals surface area contributed by atoms with Crippen LogP contribution in [0.15, 0.2) is 53.6 Å². The predicted octanol–water partition coefficient (Wildman–Crippen LogP) is 2.33. The molecule has 2 saturated heterocycles. The van der Waals surface area contributed by atoms with Crippen molar-refractivity contribution in [2.75, 3.05) is 26.3 Å². The van der Waals surface area contributed by atoms with E-state index >= 15 is 0 Å². The SMILES string of the molecule is O=C(c1ccoc1)N1CCN(C(=O)c2cc(F)cc3cnccc23)[C@H]2COC[C@H]21. The average molecular weight is 395 g/mol. The van der Waals surface area contributed by atoms with Crippen molar-refractivity contribution in [3.8, 4) is 0 Å². The molecule has 2 aliphatic rings. The number of nitrogens with zero attached hydrogens (tertiary/aromatic N) is 3. The lowest BCUT2D eigenvalue weighted by Gasteiger charge is -2.43. The van der Waals surface area contributed by atoms with Crippen LogP contribution in [0.25, 0.3) is 10.8 Å². The van der Waals surface area contributed by atoms with Gasteiger partial charge in [0, 0.05) is 30.9 Å². The molecule has 3 aromatic rings. The van der Waals surface area contributed by atoms with Gasteiger partial charge >= 0.3 is 0 Å². The lowest BCUT2D eigenvalue weighted by Crippen LogP contribution is -2.62. The Morgan fingerprint density at radius 1 is 1.07 bits per heavy atom. The monoisotopic (exact) mass is 395 g/mol. The first kappa shape index (κ1) is 17.8. The molecule has 2 atom stereocenters. The van der Waals surface area contributed by atoms with E-state index in [9.17, 15) is 14.0 Å². The summed E-state index contributed by atoms with van der Waals surface area (Å²) in [5, 5.41) is 1.22. The molecule has 0 aliphatic carbocycles. The van der Waals surface area contributed by atoms with Gasteiger partial charge in [0.2, 0.25) is 0 Å². The van der Waals surface area contributed by atoms with E-state index in [2.05, 4.69) is 4.98 Å². The van der Waals surface area contributed by atoms with Crippen LogP contribution >= 0.6 is 0 Å². The largest absolute Gasteiger partial charge is 0.472 e. The van der Waals surface area contributed by atoms with Crippen LogP contribution in [0.4, 0.5) is 4.39 Å². The second kappa shape index (κ2) is 6.97. The molecular formula is C21H18FN3O4. The van der Waals surface area contributed by atoms with Crippen LogP contribution in [0.5, 0.6) is 0 Å². The number of furan rings is 1. The maximum atomic E-state index is 14.1. The van der Waals surface area contributed by atoms with Gasteiger partial charge in [0.15, 0.2) is 0 Å². The van der Waals surface area contributed by atoms with Gasteiger partial charge in [-0.05, 0) is 29.7 Å². The summed E-state index contributed by atoms with van der Waals surface area (Å²) in [7, 11) is 0. The van der Waals surface area contributed by atoms with Crippen molar-refractivity contribution >= 4 is 22.6 Å². The Balaban J connectivity index is 1.46. The van der Waals surface area contributed by atoms with Gasteiger partial charge in [-0.1, -0.05) is 0 Å². The van der Waals surface area contributed by atoms with Crippen LogP contribution in [0, 0.1) is 5.82 Å². The molecule has 0 radical (unpaired) electrons. The topological polar surface area (TPSA) is 75.9 Å². The average Bonchev–Trinajstić information content (AvgIpc) is 3.43. The fourth-order valence-corrected chi connectivity index (χ4v) is 4.23. The third-order valence-electron chi connectivity index (χ3n) is 5.64. The zero-order valence-electron chi connectivity index (χ0n) is 15.5. The van der Waals surface area contributed by atoms with E-state index in [4.69, 9.17) is 9.15 Å². The summed E-state index contributed by atoms with van der Waals surface area (Å²) < 4.78 is 24.8. The number of carbonyl (C=O) groups excluding carboxylic acids is 2. The number of hydrogen-bond donors (Lipinski definition) is 0. The number of pyridine rings is 1. The fourth-order valence-electron chi connectivity index (χ4n) is 4.23.